The quantitative estimate of drug-likeness (QED) is 0.774. The first-order valence-electron chi connectivity index (χ1n) is 3.29. The second-order valence-electron chi connectivity index (χ2n) is 2.40. The van der Waals surface area contributed by atoms with Gasteiger partial charge in [-0.2, -0.15) is 0 Å². The lowest BCUT2D eigenvalue weighted by atomic mass is 10.1. The number of hydrogen-bond donors (Lipinski definition) is 1. The van der Waals surface area contributed by atoms with Crippen molar-refractivity contribution in [3.05, 3.63) is 32.6 Å². The van der Waals surface area contributed by atoms with Gasteiger partial charge in [-0.3, -0.25) is 0 Å². The summed E-state index contributed by atoms with van der Waals surface area (Å²) < 4.78 is 13.5. The molecule has 1 rings (SSSR count). The Morgan fingerprint density at radius 3 is 2.73 bits per heavy atom. The molecule has 11 heavy (non-hydrogen) atoms. The number of benzene rings is 1. The SMILES string of the molecule is Cc1cc(F)c(I)cc1CN. The molecule has 0 aromatic heterocycles. The molecule has 0 spiro atoms. The van der Waals surface area contributed by atoms with Gasteiger partial charge in [0.2, 0.25) is 0 Å². The molecule has 0 unspecified atom stereocenters. The van der Waals surface area contributed by atoms with Crippen molar-refractivity contribution in [3.8, 4) is 0 Å². The number of hydrogen-bond acceptors (Lipinski definition) is 1. The minimum absolute atomic E-state index is 0.166. The zero-order valence-electron chi connectivity index (χ0n) is 6.20. The van der Waals surface area contributed by atoms with Crippen molar-refractivity contribution in [1.82, 2.24) is 0 Å². The number of nitrogens with two attached hydrogens (primary N) is 1. The van der Waals surface area contributed by atoms with Crippen LogP contribution in [0.3, 0.4) is 0 Å². The molecule has 1 aromatic rings. The maximum absolute atomic E-state index is 12.8. The summed E-state index contributed by atoms with van der Waals surface area (Å²) in [5, 5.41) is 0. The molecule has 0 aliphatic carbocycles. The molecule has 0 saturated heterocycles. The van der Waals surface area contributed by atoms with Crippen LogP contribution in [-0.2, 0) is 6.54 Å². The van der Waals surface area contributed by atoms with E-state index in [0.717, 1.165) is 11.1 Å². The number of aryl methyl sites for hydroxylation is 1. The summed E-state index contributed by atoms with van der Waals surface area (Å²) in [4.78, 5) is 0. The Hall–Kier alpha value is -0.160. The third kappa shape index (κ3) is 1.90. The molecule has 0 atom stereocenters. The molecule has 60 valence electrons. The van der Waals surface area contributed by atoms with Crippen LogP contribution in [0.25, 0.3) is 0 Å². The summed E-state index contributed by atoms with van der Waals surface area (Å²) in [7, 11) is 0. The highest BCUT2D eigenvalue weighted by atomic mass is 127. The van der Waals surface area contributed by atoms with Gasteiger partial charge in [0.25, 0.3) is 0 Å². The molecule has 0 heterocycles. The van der Waals surface area contributed by atoms with Crippen molar-refractivity contribution in [2.45, 2.75) is 13.5 Å². The van der Waals surface area contributed by atoms with Crippen LogP contribution in [0.15, 0.2) is 12.1 Å². The summed E-state index contributed by atoms with van der Waals surface area (Å²) in [6.45, 7) is 2.34. The maximum atomic E-state index is 12.8. The van der Waals surface area contributed by atoms with E-state index in [-0.39, 0.29) is 5.82 Å². The minimum atomic E-state index is -0.166. The zero-order chi connectivity index (χ0) is 8.43. The van der Waals surface area contributed by atoms with Crippen molar-refractivity contribution < 1.29 is 4.39 Å². The zero-order valence-corrected chi connectivity index (χ0v) is 8.35. The first kappa shape index (κ1) is 8.93. The lowest BCUT2D eigenvalue weighted by Crippen LogP contribution is -2.00. The highest BCUT2D eigenvalue weighted by Gasteiger charge is 2.02. The Labute approximate surface area is 78.9 Å². The van der Waals surface area contributed by atoms with E-state index in [9.17, 15) is 4.39 Å². The van der Waals surface area contributed by atoms with Gasteiger partial charge in [0.05, 0.1) is 0 Å². The molecule has 0 radical (unpaired) electrons. The Morgan fingerprint density at radius 1 is 1.55 bits per heavy atom. The summed E-state index contributed by atoms with van der Waals surface area (Å²) >= 11 is 1.96. The second-order valence-corrected chi connectivity index (χ2v) is 3.56. The predicted octanol–water partition coefficient (Wildman–Crippen LogP) is 2.20. The van der Waals surface area contributed by atoms with E-state index in [1.807, 2.05) is 29.5 Å². The molecule has 1 aromatic carbocycles. The normalized spacial score (nSPS) is 10.2. The molecule has 0 aliphatic rings. The van der Waals surface area contributed by atoms with E-state index in [0.29, 0.717) is 10.1 Å². The van der Waals surface area contributed by atoms with Crippen molar-refractivity contribution in [2.24, 2.45) is 5.73 Å². The molecule has 0 fully saturated rings. The smallest absolute Gasteiger partial charge is 0.136 e. The summed E-state index contributed by atoms with van der Waals surface area (Å²) in [6, 6.07) is 3.30. The molecule has 0 amide bonds. The molecule has 0 bridgehead atoms. The largest absolute Gasteiger partial charge is 0.326 e. The lowest BCUT2D eigenvalue weighted by Gasteiger charge is -2.03. The van der Waals surface area contributed by atoms with Crippen LogP contribution in [0.2, 0.25) is 0 Å². The summed E-state index contributed by atoms with van der Waals surface area (Å²) in [5.74, 6) is -0.166. The first-order chi connectivity index (χ1) is 5.15. The predicted molar refractivity (Wildman–Crippen MR) is 51.7 cm³/mol. The van der Waals surface area contributed by atoms with E-state index in [4.69, 9.17) is 5.73 Å². The molecule has 0 saturated carbocycles. The average molecular weight is 265 g/mol. The van der Waals surface area contributed by atoms with E-state index < -0.39 is 0 Å². The van der Waals surface area contributed by atoms with Gasteiger partial charge >= 0.3 is 0 Å². The molecule has 3 heteroatoms. The van der Waals surface area contributed by atoms with Crippen LogP contribution in [0.4, 0.5) is 4.39 Å². The van der Waals surface area contributed by atoms with Crippen molar-refractivity contribution in [2.75, 3.05) is 0 Å². The number of halogens is 2. The van der Waals surface area contributed by atoms with Crippen LogP contribution in [0.1, 0.15) is 11.1 Å². The van der Waals surface area contributed by atoms with E-state index in [1.165, 1.54) is 6.07 Å². The van der Waals surface area contributed by atoms with Crippen molar-refractivity contribution in [3.63, 3.8) is 0 Å². The van der Waals surface area contributed by atoms with Gasteiger partial charge in [-0.15, -0.1) is 0 Å². The van der Waals surface area contributed by atoms with E-state index in [1.54, 1.807) is 6.07 Å². The Kier molecular flexibility index (Phi) is 2.84. The van der Waals surface area contributed by atoms with Crippen LogP contribution < -0.4 is 5.73 Å². The van der Waals surface area contributed by atoms with Crippen LogP contribution in [0, 0.1) is 16.3 Å². The molecule has 2 N–H and O–H groups in total. The van der Waals surface area contributed by atoms with Crippen LogP contribution in [0.5, 0.6) is 0 Å². The fourth-order valence-electron chi connectivity index (χ4n) is 0.907. The molecule has 1 nitrogen and oxygen atoms in total. The minimum Gasteiger partial charge on any atom is -0.326 e. The van der Waals surface area contributed by atoms with E-state index >= 15 is 0 Å². The van der Waals surface area contributed by atoms with Crippen LogP contribution in [-0.4, -0.2) is 0 Å². The fraction of sp³-hybridized carbons (Fsp3) is 0.250. The average Bonchev–Trinajstić information content (AvgIpc) is 1.97. The maximum Gasteiger partial charge on any atom is 0.136 e. The third-order valence-corrected chi connectivity index (χ3v) is 2.43. The summed E-state index contributed by atoms with van der Waals surface area (Å²) in [5.41, 5.74) is 7.38. The van der Waals surface area contributed by atoms with Gasteiger partial charge in [-0.1, -0.05) is 0 Å². The van der Waals surface area contributed by atoms with Crippen molar-refractivity contribution >= 4 is 22.6 Å². The molecular weight excluding hydrogens is 256 g/mol. The van der Waals surface area contributed by atoms with Crippen molar-refractivity contribution in [1.29, 1.82) is 0 Å². The Balaban J connectivity index is 3.21. The molecular formula is C8H9FIN. The van der Waals surface area contributed by atoms with Gasteiger partial charge in [0, 0.05) is 10.1 Å². The molecule has 0 aliphatic heterocycles. The van der Waals surface area contributed by atoms with Gasteiger partial charge in [-0.05, 0) is 52.8 Å². The lowest BCUT2D eigenvalue weighted by molar-refractivity contribution is 0.618. The van der Waals surface area contributed by atoms with Gasteiger partial charge in [0.15, 0.2) is 0 Å². The number of rotatable bonds is 1. The Bertz CT molecular complexity index is 273. The highest BCUT2D eigenvalue weighted by molar-refractivity contribution is 14.1. The van der Waals surface area contributed by atoms with E-state index in [2.05, 4.69) is 0 Å². The van der Waals surface area contributed by atoms with Gasteiger partial charge < -0.3 is 5.73 Å². The summed E-state index contributed by atoms with van der Waals surface area (Å²) in [6.07, 6.45) is 0. The van der Waals surface area contributed by atoms with Crippen LogP contribution >= 0.6 is 22.6 Å². The van der Waals surface area contributed by atoms with Gasteiger partial charge in [0.1, 0.15) is 5.82 Å². The fourth-order valence-corrected chi connectivity index (χ4v) is 1.44. The highest BCUT2D eigenvalue weighted by Crippen LogP contribution is 2.16. The van der Waals surface area contributed by atoms with Gasteiger partial charge in [-0.25, -0.2) is 4.39 Å². The monoisotopic (exact) mass is 265 g/mol. The first-order valence-corrected chi connectivity index (χ1v) is 4.37. The second kappa shape index (κ2) is 3.49. The topological polar surface area (TPSA) is 26.0 Å². The standard InChI is InChI=1S/C8H9FIN/c1-5-2-7(9)8(10)3-6(5)4-11/h2-3H,4,11H2,1H3. The Morgan fingerprint density at radius 2 is 2.18 bits per heavy atom. The third-order valence-electron chi connectivity index (χ3n) is 1.60.